The van der Waals surface area contributed by atoms with Gasteiger partial charge in [0, 0.05) is 39.3 Å². The van der Waals surface area contributed by atoms with Gasteiger partial charge in [0.2, 0.25) is 11.8 Å². The van der Waals surface area contributed by atoms with Crippen molar-refractivity contribution in [1.82, 2.24) is 19.7 Å². The van der Waals surface area contributed by atoms with Crippen LogP contribution in [0.5, 0.6) is 0 Å². The Morgan fingerprint density at radius 2 is 1.57 bits per heavy atom. The number of carbonyl (C=O) groups excluding carboxylic acids is 2. The van der Waals surface area contributed by atoms with Crippen LogP contribution in [0.1, 0.15) is 24.0 Å². The largest absolute Gasteiger partial charge is 0.342 e. The molecule has 0 aliphatic carbocycles. The van der Waals surface area contributed by atoms with E-state index in [2.05, 4.69) is 41.0 Å². The molecule has 1 aromatic heterocycles. The average Bonchev–Trinajstić information content (AvgIpc) is 3.55. The van der Waals surface area contributed by atoms with E-state index < -0.39 is 0 Å². The third-order valence-electron chi connectivity index (χ3n) is 6.97. The average molecular weight is 492 g/mol. The smallest absolute Gasteiger partial charge is 0.243 e. The Hall–Kier alpha value is -2.81. The molecule has 2 amide bonds. The maximum Gasteiger partial charge on any atom is 0.243 e. The van der Waals surface area contributed by atoms with E-state index in [-0.39, 0.29) is 11.8 Å². The zero-order chi connectivity index (χ0) is 24.2. The summed E-state index contributed by atoms with van der Waals surface area (Å²) < 4.78 is 1.10. The molecule has 0 N–H and O–H groups in total. The molecule has 8 heteroatoms. The van der Waals surface area contributed by atoms with Gasteiger partial charge in [-0.05, 0) is 37.0 Å². The molecule has 7 nitrogen and oxygen atoms in total. The van der Waals surface area contributed by atoms with E-state index in [0.717, 1.165) is 78.6 Å². The zero-order valence-electron chi connectivity index (χ0n) is 20.4. The van der Waals surface area contributed by atoms with Crippen LogP contribution in [0.2, 0.25) is 0 Å². The van der Waals surface area contributed by atoms with Crippen LogP contribution < -0.4 is 4.90 Å². The normalized spacial score (nSPS) is 17.2. The van der Waals surface area contributed by atoms with Gasteiger partial charge in [0.05, 0.1) is 29.9 Å². The van der Waals surface area contributed by atoms with Gasteiger partial charge in [0.15, 0.2) is 5.13 Å². The first-order valence-electron chi connectivity index (χ1n) is 12.5. The summed E-state index contributed by atoms with van der Waals surface area (Å²) in [6.45, 7) is 8.41. The van der Waals surface area contributed by atoms with Crippen molar-refractivity contribution in [2.24, 2.45) is 0 Å². The highest BCUT2D eigenvalue weighted by molar-refractivity contribution is 7.22. The van der Waals surface area contributed by atoms with Gasteiger partial charge in [-0.2, -0.15) is 0 Å². The second-order valence-electron chi connectivity index (χ2n) is 9.52. The summed E-state index contributed by atoms with van der Waals surface area (Å²) in [6, 6.07) is 16.3. The molecule has 2 aliphatic rings. The van der Waals surface area contributed by atoms with Crippen molar-refractivity contribution in [2.75, 3.05) is 57.3 Å². The standard InChI is InChI=1S/C27H33N5O2S/c1-21-8-7-11-23-26(21)28-27(35-23)32(18-22-9-3-2-4-10-22)25(34)20-30-16-14-29(15-17-30)19-24(33)31-12-5-6-13-31/h2-4,7-11H,5-6,12-20H2,1H3. The van der Waals surface area contributed by atoms with E-state index in [1.54, 1.807) is 11.3 Å². The summed E-state index contributed by atoms with van der Waals surface area (Å²) in [5, 5.41) is 0.748. The van der Waals surface area contributed by atoms with Crippen LogP contribution in [-0.2, 0) is 16.1 Å². The lowest BCUT2D eigenvalue weighted by molar-refractivity contribution is -0.132. The molecular weight excluding hydrogens is 458 g/mol. The molecule has 2 saturated heterocycles. The van der Waals surface area contributed by atoms with E-state index in [0.29, 0.717) is 19.6 Å². The topological polar surface area (TPSA) is 60.0 Å². The number of carbonyl (C=O) groups is 2. The van der Waals surface area contributed by atoms with Gasteiger partial charge in [0.25, 0.3) is 0 Å². The van der Waals surface area contributed by atoms with Crippen molar-refractivity contribution in [3.63, 3.8) is 0 Å². The molecule has 35 heavy (non-hydrogen) atoms. The number of aryl methyl sites for hydroxylation is 1. The lowest BCUT2D eigenvalue weighted by Gasteiger charge is -2.35. The lowest BCUT2D eigenvalue weighted by atomic mass is 10.2. The zero-order valence-corrected chi connectivity index (χ0v) is 21.2. The highest BCUT2D eigenvalue weighted by atomic mass is 32.1. The summed E-state index contributed by atoms with van der Waals surface area (Å²) in [4.78, 5) is 39.2. The van der Waals surface area contributed by atoms with Gasteiger partial charge in [-0.15, -0.1) is 0 Å². The molecule has 0 unspecified atom stereocenters. The van der Waals surface area contributed by atoms with Gasteiger partial charge in [0.1, 0.15) is 0 Å². The van der Waals surface area contributed by atoms with E-state index >= 15 is 0 Å². The number of aromatic nitrogens is 1. The first kappa shape index (κ1) is 23.9. The summed E-state index contributed by atoms with van der Waals surface area (Å²) in [5.74, 6) is 0.305. The third-order valence-corrected chi connectivity index (χ3v) is 8.01. The SMILES string of the molecule is Cc1cccc2sc(N(Cc3ccccc3)C(=O)CN3CCN(CC(=O)N4CCCC4)CC3)nc12. The van der Waals surface area contributed by atoms with Crippen molar-refractivity contribution in [3.05, 3.63) is 59.7 Å². The number of fused-ring (bicyclic) bond motifs is 1. The molecule has 2 aliphatic heterocycles. The molecule has 0 radical (unpaired) electrons. The molecule has 0 atom stereocenters. The maximum absolute atomic E-state index is 13.6. The number of rotatable bonds is 7. The number of thiazole rings is 1. The van der Waals surface area contributed by atoms with Crippen LogP contribution in [0, 0.1) is 6.92 Å². The van der Waals surface area contributed by atoms with Crippen molar-refractivity contribution in [2.45, 2.75) is 26.3 Å². The summed E-state index contributed by atoms with van der Waals surface area (Å²) >= 11 is 1.57. The van der Waals surface area contributed by atoms with Gasteiger partial charge in [-0.3, -0.25) is 24.3 Å². The number of likely N-dealkylation sites (tertiary alicyclic amines) is 1. The predicted molar refractivity (Wildman–Crippen MR) is 141 cm³/mol. The van der Waals surface area contributed by atoms with E-state index in [1.807, 2.05) is 34.1 Å². The minimum absolute atomic E-state index is 0.0622. The lowest BCUT2D eigenvalue weighted by Crippen LogP contribution is -2.52. The maximum atomic E-state index is 13.6. The fraction of sp³-hybridized carbons (Fsp3) is 0.444. The Kier molecular flexibility index (Phi) is 7.41. The van der Waals surface area contributed by atoms with Crippen LogP contribution >= 0.6 is 11.3 Å². The fourth-order valence-corrected chi connectivity index (χ4v) is 5.92. The van der Waals surface area contributed by atoms with Crippen molar-refractivity contribution >= 4 is 38.5 Å². The first-order valence-corrected chi connectivity index (χ1v) is 13.3. The number of hydrogen-bond donors (Lipinski definition) is 0. The molecular formula is C27H33N5O2S. The quantitative estimate of drug-likeness (QED) is 0.507. The molecule has 3 aromatic rings. The van der Waals surface area contributed by atoms with Gasteiger partial charge in [-0.25, -0.2) is 4.98 Å². The minimum Gasteiger partial charge on any atom is -0.342 e. The van der Waals surface area contributed by atoms with E-state index in [9.17, 15) is 9.59 Å². The van der Waals surface area contributed by atoms with Crippen LogP contribution in [0.15, 0.2) is 48.5 Å². The number of amides is 2. The van der Waals surface area contributed by atoms with Crippen molar-refractivity contribution < 1.29 is 9.59 Å². The highest BCUT2D eigenvalue weighted by Gasteiger charge is 2.27. The summed E-state index contributed by atoms with van der Waals surface area (Å²) in [5.41, 5.74) is 3.17. The number of anilines is 1. The number of piperazine rings is 1. The second-order valence-corrected chi connectivity index (χ2v) is 10.5. The third kappa shape index (κ3) is 5.72. The minimum atomic E-state index is 0.0622. The molecule has 0 bridgehead atoms. The Morgan fingerprint density at radius 3 is 2.26 bits per heavy atom. The number of para-hydroxylation sites is 1. The molecule has 5 rings (SSSR count). The van der Waals surface area contributed by atoms with Gasteiger partial charge < -0.3 is 4.90 Å². The van der Waals surface area contributed by atoms with E-state index in [1.165, 1.54) is 0 Å². The second kappa shape index (κ2) is 10.8. The van der Waals surface area contributed by atoms with Crippen LogP contribution in [0.3, 0.4) is 0 Å². The monoisotopic (exact) mass is 491 g/mol. The number of benzene rings is 2. The first-order chi connectivity index (χ1) is 17.1. The Labute approximate surface area is 210 Å². The molecule has 2 fully saturated rings. The van der Waals surface area contributed by atoms with E-state index in [4.69, 9.17) is 4.98 Å². The molecule has 3 heterocycles. The molecule has 0 spiro atoms. The van der Waals surface area contributed by atoms with Crippen LogP contribution in [0.4, 0.5) is 5.13 Å². The van der Waals surface area contributed by atoms with Gasteiger partial charge in [-0.1, -0.05) is 53.8 Å². The Morgan fingerprint density at radius 1 is 0.886 bits per heavy atom. The Bertz CT molecular complexity index is 1170. The highest BCUT2D eigenvalue weighted by Crippen LogP contribution is 2.31. The molecule has 2 aromatic carbocycles. The van der Waals surface area contributed by atoms with Crippen LogP contribution in [-0.4, -0.2) is 83.9 Å². The van der Waals surface area contributed by atoms with Crippen molar-refractivity contribution in [1.29, 1.82) is 0 Å². The van der Waals surface area contributed by atoms with Gasteiger partial charge >= 0.3 is 0 Å². The number of nitrogens with zero attached hydrogens (tertiary/aromatic N) is 5. The summed E-state index contributed by atoms with van der Waals surface area (Å²) in [7, 11) is 0. The predicted octanol–water partition coefficient (Wildman–Crippen LogP) is 3.38. The fourth-order valence-electron chi connectivity index (χ4n) is 4.86. The summed E-state index contributed by atoms with van der Waals surface area (Å²) in [6.07, 6.45) is 2.24. The Balaban J connectivity index is 1.24. The number of hydrogen-bond acceptors (Lipinski definition) is 6. The molecule has 0 saturated carbocycles. The van der Waals surface area contributed by atoms with Crippen LogP contribution in [0.25, 0.3) is 10.2 Å². The molecule has 184 valence electrons. The van der Waals surface area contributed by atoms with Crippen molar-refractivity contribution in [3.8, 4) is 0 Å².